The van der Waals surface area contributed by atoms with Gasteiger partial charge in [0.1, 0.15) is 6.33 Å². The largest absolute Gasteiger partial charge is 0.353 e. The normalized spacial score (nSPS) is 26.9. The van der Waals surface area contributed by atoms with Gasteiger partial charge in [0.05, 0.1) is 12.4 Å². The molecule has 0 amide bonds. The quantitative estimate of drug-likeness (QED) is 0.877. The Morgan fingerprint density at radius 1 is 1.23 bits per heavy atom. The molecule has 0 aromatic carbocycles. The van der Waals surface area contributed by atoms with Gasteiger partial charge in [-0.3, -0.25) is 9.88 Å². The lowest BCUT2D eigenvalue weighted by Gasteiger charge is -2.39. The number of anilines is 1. The molecule has 7 heteroatoms. The van der Waals surface area contributed by atoms with E-state index in [-0.39, 0.29) is 0 Å². The second kappa shape index (κ2) is 5.48. The summed E-state index contributed by atoms with van der Waals surface area (Å²) in [7, 11) is 0. The number of fused-ring (bicyclic) bond motifs is 1. The minimum absolute atomic E-state index is 0.440. The molecule has 2 saturated heterocycles. The van der Waals surface area contributed by atoms with E-state index in [4.69, 9.17) is 0 Å². The van der Waals surface area contributed by atoms with Gasteiger partial charge >= 0.3 is 0 Å². The van der Waals surface area contributed by atoms with Crippen molar-refractivity contribution in [1.29, 1.82) is 0 Å². The van der Waals surface area contributed by atoms with Gasteiger partial charge in [-0.2, -0.15) is 9.61 Å². The van der Waals surface area contributed by atoms with Crippen LogP contribution in [0.25, 0.3) is 5.65 Å². The van der Waals surface area contributed by atoms with E-state index in [2.05, 4.69) is 37.1 Å². The van der Waals surface area contributed by atoms with Gasteiger partial charge in [-0.25, -0.2) is 4.98 Å². The molecule has 1 N–H and O–H groups in total. The first-order valence-corrected chi connectivity index (χ1v) is 8.05. The zero-order valence-corrected chi connectivity index (χ0v) is 13.1. The van der Waals surface area contributed by atoms with Crippen molar-refractivity contribution >= 4 is 11.5 Å². The van der Waals surface area contributed by atoms with E-state index in [0.717, 1.165) is 50.7 Å². The van der Waals surface area contributed by atoms with Crippen molar-refractivity contribution in [3.8, 4) is 0 Å². The van der Waals surface area contributed by atoms with Crippen molar-refractivity contribution in [2.24, 2.45) is 5.41 Å². The molecule has 0 spiro atoms. The minimum Gasteiger partial charge on any atom is -0.353 e. The Morgan fingerprint density at radius 3 is 2.86 bits per heavy atom. The Hall–Kier alpha value is -1.73. The fourth-order valence-corrected chi connectivity index (χ4v) is 3.63. The molecule has 22 heavy (non-hydrogen) atoms. The van der Waals surface area contributed by atoms with Gasteiger partial charge in [0.15, 0.2) is 11.5 Å². The van der Waals surface area contributed by atoms with Crippen LogP contribution in [0.2, 0.25) is 0 Å². The minimum atomic E-state index is 0.440. The molecule has 118 valence electrons. The second-order valence-corrected chi connectivity index (χ2v) is 6.80. The molecule has 1 atom stereocenters. The summed E-state index contributed by atoms with van der Waals surface area (Å²) in [4.78, 5) is 13.5. The molecule has 2 aromatic rings. The Labute approximate surface area is 130 Å². The summed E-state index contributed by atoms with van der Waals surface area (Å²) in [5.41, 5.74) is 1.25. The molecule has 1 unspecified atom stereocenters. The number of piperazine rings is 1. The summed E-state index contributed by atoms with van der Waals surface area (Å²) in [6.45, 7) is 10.1. The summed E-state index contributed by atoms with van der Waals surface area (Å²) < 4.78 is 1.88. The summed E-state index contributed by atoms with van der Waals surface area (Å²) in [6.07, 6.45) is 6.51. The Bertz CT molecular complexity index is 638. The maximum Gasteiger partial charge on any atom is 0.175 e. The van der Waals surface area contributed by atoms with E-state index in [1.165, 1.54) is 13.0 Å². The highest BCUT2D eigenvalue weighted by molar-refractivity contribution is 5.46. The topological polar surface area (TPSA) is 61.6 Å². The number of nitrogens with zero attached hydrogens (tertiary/aromatic N) is 6. The van der Waals surface area contributed by atoms with E-state index < -0.39 is 0 Å². The molecule has 4 heterocycles. The van der Waals surface area contributed by atoms with E-state index in [9.17, 15) is 0 Å². The summed E-state index contributed by atoms with van der Waals surface area (Å²) >= 11 is 0. The molecule has 0 aliphatic carbocycles. The number of rotatable bonds is 3. The van der Waals surface area contributed by atoms with Crippen molar-refractivity contribution in [3.05, 3.63) is 18.7 Å². The highest BCUT2D eigenvalue weighted by Crippen LogP contribution is 2.26. The van der Waals surface area contributed by atoms with Gasteiger partial charge in [0, 0.05) is 39.3 Å². The Balaban J connectivity index is 1.42. The summed E-state index contributed by atoms with van der Waals surface area (Å²) in [6, 6.07) is 0. The van der Waals surface area contributed by atoms with Crippen LogP contribution in [0.4, 0.5) is 5.82 Å². The monoisotopic (exact) mass is 301 g/mol. The van der Waals surface area contributed by atoms with Crippen LogP contribution in [-0.2, 0) is 0 Å². The fourth-order valence-electron chi connectivity index (χ4n) is 3.63. The van der Waals surface area contributed by atoms with Crippen LogP contribution in [0, 0.1) is 5.41 Å². The predicted molar refractivity (Wildman–Crippen MR) is 85.0 cm³/mol. The van der Waals surface area contributed by atoms with E-state index >= 15 is 0 Å². The number of hydrogen-bond donors (Lipinski definition) is 1. The lowest BCUT2D eigenvalue weighted by molar-refractivity contribution is 0.169. The first-order chi connectivity index (χ1) is 10.7. The first-order valence-electron chi connectivity index (χ1n) is 8.05. The first kappa shape index (κ1) is 13.9. The van der Waals surface area contributed by atoms with Crippen LogP contribution in [0.15, 0.2) is 18.7 Å². The van der Waals surface area contributed by atoms with Crippen LogP contribution in [0.1, 0.15) is 13.3 Å². The van der Waals surface area contributed by atoms with Crippen molar-refractivity contribution in [2.45, 2.75) is 13.3 Å². The van der Waals surface area contributed by atoms with Crippen LogP contribution in [0.5, 0.6) is 0 Å². The standard InChI is InChI=1S/C15H23N7/c1-15(2-3-16-10-15)11-20-4-6-21(7-5-20)14-9-17-8-13-18-12-19-22(13)14/h8-9,12,16H,2-7,10-11H2,1H3. The van der Waals surface area contributed by atoms with Gasteiger partial charge in [-0.05, 0) is 18.4 Å². The lowest BCUT2D eigenvalue weighted by Crippen LogP contribution is -2.50. The summed E-state index contributed by atoms with van der Waals surface area (Å²) in [5.74, 6) is 1.04. The average molecular weight is 301 g/mol. The second-order valence-electron chi connectivity index (χ2n) is 6.80. The molecule has 2 aromatic heterocycles. The predicted octanol–water partition coefficient (Wildman–Crippen LogP) is 0.246. The van der Waals surface area contributed by atoms with Crippen LogP contribution in [0.3, 0.4) is 0 Å². The number of hydrogen-bond acceptors (Lipinski definition) is 6. The van der Waals surface area contributed by atoms with E-state index in [1.54, 1.807) is 12.5 Å². The van der Waals surface area contributed by atoms with Crippen molar-refractivity contribution < 1.29 is 0 Å². The lowest BCUT2D eigenvalue weighted by atomic mass is 9.89. The van der Waals surface area contributed by atoms with Gasteiger partial charge in [-0.1, -0.05) is 6.92 Å². The smallest absolute Gasteiger partial charge is 0.175 e. The van der Waals surface area contributed by atoms with E-state index in [1.807, 2.05) is 10.7 Å². The SMILES string of the molecule is CC1(CN2CCN(c3cncc4ncnn34)CC2)CCNC1. The number of nitrogens with one attached hydrogen (secondary N) is 1. The molecular formula is C15H23N7. The third-order valence-corrected chi connectivity index (χ3v) is 4.93. The molecule has 0 bridgehead atoms. The molecule has 0 saturated carbocycles. The van der Waals surface area contributed by atoms with E-state index in [0.29, 0.717) is 5.41 Å². The van der Waals surface area contributed by atoms with Crippen molar-refractivity contribution in [1.82, 2.24) is 29.8 Å². The highest BCUT2D eigenvalue weighted by atomic mass is 15.4. The van der Waals surface area contributed by atoms with Gasteiger partial charge in [-0.15, -0.1) is 0 Å². The van der Waals surface area contributed by atoms with Gasteiger partial charge in [0.2, 0.25) is 0 Å². The van der Waals surface area contributed by atoms with Crippen LogP contribution < -0.4 is 10.2 Å². The molecule has 2 aliphatic heterocycles. The van der Waals surface area contributed by atoms with Crippen LogP contribution in [-0.4, -0.2) is 70.3 Å². The third-order valence-electron chi connectivity index (χ3n) is 4.93. The summed E-state index contributed by atoms with van der Waals surface area (Å²) in [5, 5.41) is 7.80. The maximum absolute atomic E-state index is 4.31. The molecule has 2 aliphatic rings. The third kappa shape index (κ3) is 2.55. The highest BCUT2D eigenvalue weighted by Gasteiger charge is 2.32. The Kier molecular flexibility index (Phi) is 3.46. The van der Waals surface area contributed by atoms with Gasteiger partial charge in [0.25, 0.3) is 0 Å². The van der Waals surface area contributed by atoms with Gasteiger partial charge < -0.3 is 10.2 Å². The zero-order chi connectivity index (χ0) is 15.0. The number of aromatic nitrogens is 4. The van der Waals surface area contributed by atoms with Crippen LogP contribution >= 0.6 is 0 Å². The molecular weight excluding hydrogens is 278 g/mol. The average Bonchev–Trinajstić information content (AvgIpc) is 3.16. The molecule has 0 radical (unpaired) electrons. The molecule has 7 nitrogen and oxygen atoms in total. The van der Waals surface area contributed by atoms with Crippen molar-refractivity contribution in [2.75, 3.05) is 50.7 Å². The molecule has 4 rings (SSSR count). The Morgan fingerprint density at radius 2 is 2.09 bits per heavy atom. The van der Waals surface area contributed by atoms with Crippen molar-refractivity contribution in [3.63, 3.8) is 0 Å². The zero-order valence-electron chi connectivity index (χ0n) is 13.1. The fraction of sp³-hybridized carbons (Fsp3) is 0.667. The molecule has 2 fully saturated rings. The maximum atomic E-state index is 4.31.